The number of aryl methyl sites for hydroxylation is 1. The smallest absolute Gasteiger partial charge is 0.199 e. The van der Waals surface area contributed by atoms with Gasteiger partial charge in [0.25, 0.3) is 0 Å². The van der Waals surface area contributed by atoms with Crippen molar-refractivity contribution in [3.05, 3.63) is 18.3 Å². The highest BCUT2D eigenvalue weighted by Crippen LogP contribution is 2.23. The van der Waals surface area contributed by atoms with Crippen LogP contribution in [0, 0.1) is 0 Å². The molecule has 0 spiro atoms. The lowest BCUT2D eigenvalue weighted by Crippen LogP contribution is -1.96. The van der Waals surface area contributed by atoms with Crippen LogP contribution in [0.15, 0.2) is 23.0 Å². The fraction of sp³-hybridized carbons (Fsp3) is 0.111. The van der Waals surface area contributed by atoms with Gasteiger partial charge < -0.3 is 10.3 Å². The molecule has 0 saturated carbocycles. The summed E-state index contributed by atoms with van der Waals surface area (Å²) in [6.07, 6.45) is 1.68. The van der Waals surface area contributed by atoms with Crippen LogP contribution in [0.2, 0.25) is 0 Å². The number of anilines is 1. The van der Waals surface area contributed by atoms with Crippen molar-refractivity contribution >= 4 is 17.0 Å². The molecule has 7 heteroatoms. The summed E-state index contributed by atoms with van der Waals surface area (Å²) in [4.78, 5) is 8.48. The maximum atomic E-state index is 5.62. The quantitative estimate of drug-likeness (QED) is 0.639. The van der Waals surface area contributed by atoms with Gasteiger partial charge in [0.2, 0.25) is 0 Å². The first-order valence-corrected chi connectivity index (χ1v) is 4.63. The summed E-state index contributed by atoms with van der Waals surface area (Å²) in [5, 5.41) is 7.24. The van der Waals surface area contributed by atoms with Crippen LogP contribution in [0.4, 0.5) is 5.82 Å². The minimum absolute atomic E-state index is 0.221. The number of hydrogen-bond donors (Lipinski definition) is 1. The fourth-order valence-corrected chi connectivity index (χ4v) is 1.59. The standard InChI is InChI=1S/C9H8N6O/c1-15-5-3-2-4-11-8(5)12-9(15)6-7(10)14-16-13-6/h2-4H,1H3,(H2,10,14). The lowest BCUT2D eigenvalue weighted by atomic mass is 10.4. The zero-order valence-corrected chi connectivity index (χ0v) is 8.45. The van der Waals surface area contributed by atoms with E-state index in [1.54, 1.807) is 6.20 Å². The van der Waals surface area contributed by atoms with E-state index in [4.69, 9.17) is 5.73 Å². The number of nitrogens with two attached hydrogens (primary N) is 1. The Hall–Kier alpha value is -2.44. The summed E-state index contributed by atoms with van der Waals surface area (Å²) in [5.74, 6) is 0.811. The minimum Gasteiger partial charge on any atom is -0.379 e. The molecule has 80 valence electrons. The second-order valence-corrected chi connectivity index (χ2v) is 3.34. The summed E-state index contributed by atoms with van der Waals surface area (Å²) >= 11 is 0. The fourth-order valence-electron chi connectivity index (χ4n) is 1.59. The summed E-state index contributed by atoms with van der Waals surface area (Å²) in [6, 6.07) is 3.76. The van der Waals surface area contributed by atoms with E-state index in [0.717, 1.165) is 5.52 Å². The van der Waals surface area contributed by atoms with Crippen molar-refractivity contribution in [3.8, 4) is 11.5 Å². The average molecular weight is 216 g/mol. The SMILES string of the molecule is Cn1c(-c2nonc2N)nc2ncccc21. The number of fused-ring (bicyclic) bond motifs is 1. The predicted octanol–water partition coefficient (Wildman–Crippen LogP) is 0.600. The van der Waals surface area contributed by atoms with Gasteiger partial charge in [-0.1, -0.05) is 0 Å². The Bertz CT molecular complexity index is 655. The first-order chi connectivity index (χ1) is 7.77. The molecular formula is C9H8N6O. The third-order valence-electron chi connectivity index (χ3n) is 2.38. The van der Waals surface area contributed by atoms with Crippen LogP contribution in [0.3, 0.4) is 0 Å². The molecule has 3 rings (SSSR count). The molecule has 7 nitrogen and oxygen atoms in total. The number of nitrogen functional groups attached to an aromatic ring is 1. The molecule has 16 heavy (non-hydrogen) atoms. The zero-order valence-electron chi connectivity index (χ0n) is 8.45. The molecule has 2 N–H and O–H groups in total. The second kappa shape index (κ2) is 3.02. The van der Waals surface area contributed by atoms with Crippen molar-refractivity contribution in [1.29, 1.82) is 0 Å². The van der Waals surface area contributed by atoms with E-state index in [1.165, 1.54) is 0 Å². The van der Waals surface area contributed by atoms with Crippen molar-refractivity contribution in [2.24, 2.45) is 7.05 Å². The van der Waals surface area contributed by atoms with Crippen LogP contribution in [-0.4, -0.2) is 24.8 Å². The lowest BCUT2D eigenvalue weighted by molar-refractivity contribution is 0.310. The number of pyridine rings is 1. The molecule has 0 saturated heterocycles. The topological polar surface area (TPSA) is 95.7 Å². The van der Waals surface area contributed by atoms with Crippen molar-refractivity contribution in [3.63, 3.8) is 0 Å². The first kappa shape index (κ1) is 8.84. The molecule has 0 aliphatic carbocycles. The van der Waals surface area contributed by atoms with Gasteiger partial charge in [-0.2, -0.15) is 0 Å². The second-order valence-electron chi connectivity index (χ2n) is 3.34. The zero-order chi connectivity index (χ0) is 11.1. The van der Waals surface area contributed by atoms with Gasteiger partial charge in [-0.25, -0.2) is 14.6 Å². The van der Waals surface area contributed by atoms with Crippen molar-refractivity contribution in [1.82, 2.24) is 24.8 Å². The van der Waals surface area contributed by atoms with Gasteiger partial charge in [0, 0.05) is 13.2 Å². The van der Waals surface area contributed by atoms with Crippen LogP contribution < -0.4 is 5.73 Å². The third kappa shape index (κ3) is 1.08. The van der Waals surface area contributed by atoms with Crippen LogP contribution in [0.5, 0.6) is 0 Å². The van der Waals surface area contributed by atoms with Crippen LogP contribution in [-0.2, 0) is 7.05 Å². The number of rotatable bonds is 1. The van der Waals surface area contributed by atoms with E-state index in [9.17, 15) is 0 Å². The predicted molar refractivity (Wildman–Crippen MR) is 56.2 cm³/mol. The van der Waals surface area contributed by atoms with E-state index in [0.29, 0.717) is 17.2 Å². The van der Waals surface area contributed by atoms with Crippen LogP contribution in [0.1, 0.15) is 0 Å². The third-order valence-corrected chi connectivity index (χ3v) is 2.38. The van der Waals surface area contributed by atoms with Crippen molar-refractivity contribution in [2.75, 3.05) is 5.73 Å². The van der Waals surface area contributed by atoms with Crippen molar-refractivity contribution in [2.45, 2.75) is 0 Å². The molecule has 0 aromatic carbocycles. The molecule has 0 fully saturated rings. The highest BCUT2D eigenvalue weighted by atomic mass is 16.6. The monoisotopic (exact) mass is 216 g/mol. The molecule has 0 atom stereocenters. The highest BCUT2D eigenvalue weighted by Gasteiger charge is 2.17. The van der Waals surface area contributed by atoms with Gasteiger partial charge in [0.1, 0.15) is 0 Å². The average Bonchev–Trinajstić information content (AvgIpc) is 2.84. The van der Waals surface area contributed by atoms with E-state index >= 15 is 0 Å². The van der Waals surface area contributed by atoms with E-state index in [1.807, 2.05) is 23.7 Å². The Morgan fingerprint density at radius 3 is 2.94 bits per heavy atom. The van der Waals surface area contributed by atoms with Gasteiger partial charge in [-0.05, 0) is 22.4 Å². The van der Waals surface area contributed by atoms with Crippen molar-refractivity contribution < 1.29 is 4.63 Å². The Morgan fingerprint density at radius 1 is 1.38 bits per heavy atom. The van der Waals surface area contributed by atoms with Gasteiger partial charge in [0.15, 0.2) is 23.0 Å². The summed E-state index contributed by atoms with van der Waals surface area (Å²) in [6.45, 7) is 0. The number of aromatic nitrogens is 5. The molecule has 3 aromatic heterocycles. The number of nitrogens with zero attached hydrogens (tertiary/aromatic N) is 5. The number of imidazole rings is 1. The maximum absolute atomic E-state index is 5.62. The Morgan fingerprint density at radius 2 is 2.25 bits per heavy atom. The first-order valence-electron chi connectivity index (χ1n) is 4.63. The number of hydrogen-bond acceptors (Lipinski definition) is 6. The summed E-state index contributed by atoms with van der Waals surface area (Å²) in [7, 11) is 1.86. The molecular weight excluding hydrogens is 208 g/mol. The van der Waals surface area contributed by atoms with Gasteiger partial charge in [-0.15, -0.1) is 0 Å². The van der Waals surface area contributed by atoms with Gasteiger partial charge >= 0.3 is 0 Å². The molecule has 0 aliphatic rings. The van der Waals surface area contributed by atoms with E-state index < -0.39 is 0 Å². The normalized spacial score (nSPS) is 11.1. The molecule has 3 heterocycles. The largest absolute Gasteiger partial charge is 0.379 e. The van der Waals surface area contributed by atoms with Gasteiger partial charge in [-0.3, -0.25) is 0 Å². The lowest BCUT2D eigenvalue weighted by Gasteiger charge is -1.97. The molecule has 0 bridgehead atoms. The molecule has 0 unspecified atom stereocenters. The van der Waals surface area contributed by atoms with Gasteiger partial charge in [0.05, 0.1) is 5.52 Å². The molecule has 0 radical (unpaired) electrons. The van der Waals surface area contributed by atoms with Crippen LogP contribution >= 0.6 is 0 Å². The minimum atomic E-state index is 0.221. The Labute approximate surface area is 89.9 Å². The van der Waals surface area contributed by atoms with E-state index in [2.05, 4.69) is 24.9 Å². The molecule has 3 aromatic rings. The Kier molecular flexibility index (Phi) is 1.67. The Balaban J connectivity index is 2.33. The summed E-state index contributed by atoms with van der Waals surface area (Å²) in [5.41, 5.74) is 7.60. The van der Waals surface area contributed by atoms with Crippen LogP contribution in [0.25, 0.3) is 22.7 Å². The summed E-state index contributed by atoms with van der Waals surface area (Å²) < 4.78 is 6.40. The molecule has 0 aliphatic heterocycles. The maximum Gasteiger partial charge on any atom is 0.199 e. The highest BCUT2D eigenvalue weighted by molar-refractivity contribution is 5.78. The van der Waals surface area contributed by atoms with E-state index in [-0.39, 0.29) is 5.82 Å². The molecule has 0 amide bonds.